The molecule has 2 heterocycles. The maximum Gasteiger partial charge on any atom is 0.128 e. The van der Waals surface area contributed by atoms with Gasteiger partial charge in [-0.15, -0.1) is 0 Å². The third kappa shape index (κ3) is 2.97. The Morgan fingerprint density at radius 2 is 1.94 bits per heavy atom. The van der Waals surface area contributed by atoms with Crippen LogP contribution in [0.1, 0.15) is 45.2 Å². The van der Waals surface area contributed by atoms with Crippen molar-refractivity contribution in [1.82, 2.24) is 4.98 Å². The number of hydrogen-bond acceptors (Lipinski definition) is 3. The van der Waals surface area contributed by atoms with Crippen LogP contribution in [-0.2, 0) is 0 Å². The zero-order valence-corrected chi connectivity index (χ0v) is 11.1. The van der Waals surface area contributed by atoms with Crippen LogP contribution in [0, 0.1) is 5.41 Å². The zero-order chi connectivity index (χ0) is 12.5. The second-order valence-corrected chi connectivity index (χ2v) is 5.89. The van der Waals surface area contributed by atoms with Crippen LogP contribution < -0.4 is 10.6 Å². The normalized spacial score (nSPS) is 21.3. The highest BCUT2D eigenvalue weighted by molar-refractivity contribution is 5.40. The van der Waals surface area contributed by atoms with Crippen molar-refractivity contribution in [1.29, 1.82) is 0 Å². The molecule has 1 aliphatic heterocycles. The lowest BCUT2D eigenvalue weighted by atomic mass is 9.83. The van der Waals surface area contributed by atoms with Gasteiger partial charge in [-0.3, -0.25) is 0 Å². The Labute approximate surface area is 104 Å². The summed E-state index contributed by atoms with van der Waals surface area (Å²) in [4.78, 5) is 6.89. The number of anilines is 1. The molecule has 0 radical (unpaired) electrons. The summed E-state index contributed by atoms with van der Waals surface area (Å²) in [5.74, 6) is 1.09. The fourth-order valence-corrected chi connectivity index (χ4v) is 2.20. The minimum Gasteiger partial charge on any atom is -0.357 e. The average molecular weight is 233 g/mol. The molecule has 3 nitrogen and oxygen atoms in total. The van der Waals surface area contributed by atoms with Gasteiger partial charge in [0.25, 0.3) is 0 Å². The summed E-state index contributed by atoms with van der Waals surface area (Å²) in [5, 5.41) is 0. The topological polar surface area (TPSA) is 42.1 Å². The minimum atomic E-state index is 0.0665. The highest BCUT2D eigenvalue weighted by Gasteiger charge is 2.25. The Balaban J connectivity index is 2.04. The summed E-state index contributed by atoms with van der Waals surface area (Å²) in [7, 11) is 0. The average Bonchev–Trinajstić information content (AvgIpc) is 2.29. The minimum absolute atomic E-state index is 0.0665. The fraction of sp³-hybridized carbons (Fsp3) is 0.643. The molecule has 1 aromatic rings. The Kier molecular flexibility index (Phi) is 3.38. The molecule has 0 amide bonds. The molecule has 2 N–H and O–H groups in total. The Morgan fingerprint density at radius 3 is 2.41 bits per heavy atom. The standard InChI is InChI=1S/C14H23N3/c1-11(15)12-4-5-13(16-10-12)17-8-6-14(2,3)7-9-17/h4-5,10-11H,6-9,15H2,1-3H3/t11-/m0/s1. The van der Waals surface area contributed by atoms with Crippen molar-refractivity contribution in [3.63, 3.8) is 0 Å². The van der Waals surface area contributed by atoms with Crippen LogP contribution in [0.25, 0.3) is 0 Å². The summed E-state index contributed by atoms with van der Waals surface area (Å²) in [6.45, 7) is 8.89. The van der Waals surface area contributed by atoms with Crippen LogP contribution >= 0.6 is 0 Å². The maximum atomic E-state index is 5.82. The molecular formula is C14H23N3. The zero-order valence-electron chi connectivity index (χ0n) is 11.1. The molecular weight excluding hydrogens is 210 g/mol. The first kappa shape index (κ1) is 12.4. The first-order chi connectivity index (χ1) is 7.98. The van der Waals surface area contributed by atoms with Crippen molar-refractivity contribution in [2.24, 2.45) is 11.1 Å². The van der Waals surface area contributed by atoms with E-state index < -0.39 is 0 Å². The van der Waals surface area contributed by atoms with Gasteiger partial charge in [0.05, 0.1) is 0 Å². The Bertz CT molecular complexity index is 358. The number of piperidine rings is 1. The molecule has 2 rings (SSSR count). The second-order valence-electron chi connectivity index (χ2n) is 5.89. The summed E-state index contributed by atoms with van der Waals surface area (Å²) in [6.07, 6.45) is 4.38. The van der Waals surface area contributed by atoms with E-state index in [1.54, 1.807) is 0 Å². The van der Waals surface area contributed by atoms with Crippen molar-refractivity contribution in [3.05, 3.63) is 23.9 Å². The molecule has 0 saturated carbocycles. The van der Waals surface area contributed by atoms with Crippen LogP contribution in [0.5, 0.6) is 0 Å². The van der Waals surface area contributed by atoms with Crippen LogP contribution in [0.2, 0.25) is 0 Å². The lowest BCUT2D eigenvalue weighted by molar-refractivity contribution is 0.279. The molecule has 0 aliphatic carbocycles. The van der Waals surface area contributed by atoms with Crippen molar-refractivity contribution in [2.45, 2.75) is 39.7 Å². The highest BCUT2D eigenvalue weighted by Crippen LogP contribution is 2.31. The first-order valence-electron chi connectivity index (χ1n) is 6.44. The largest absolute Gasteiger partial charge is 0.357 e. The third-order valence-corrected chi connectivity index (χ3v) is 3.74. The molecule has 0 aromatic carbocycles. The molecule has 1 fully saturated rings. The predicted molar refractivity (Wildman–Crippen MR) is 72.1 cm³/mol. The Morgan fingerprint density at radius 1 is 1.29 bits per heavy atom. The van der Waals surface area contributed by atoms with Crippen molar-refractivity contribution in [3.8, 4) is 0 Å². The number of hydrogen-bond donors (Lipinski definition) is 1. The van der Waals surface area contributed by atoms with Crippen LogP contribution in [0.3, 0.4) is 0 Å². The van der Waals surface area contributed by atoms with Gasteiger partial charge in [0.2, 0.25) is 0 Å². The number of pyridine rings is 1. The van der Waals surface area contributed by atoms with Crippen LogP contribution in [-0.4, -0.2) is 18.1 Å². The number of aromatic nitrogens is 1. The van der Waals surface area contributed by atoms with E-state index >= 15 is 0 Å². The quantitative estimate of drug-likeness (QED) is 0.854. The lowest BCUT2D eigenvalue weighted by Crippen LogP contribution is -2.37. The summed E-state index contributed by atoms with van der Waals surface area (Å²) < 4.78 is 0. The van der Waals surface area contributed by atoms with Gasteiger partial charge in [-0.2, -0.15) is 0 Å². The predicted octanol–water partition coefficient (Wildman–Crippen LogP) is 2.73. The summed E-state index contributed by atoms with van der Waals surface area (Å²) >= 11 is 0. The monoisotopic (exact) mass is 233 g/mol. The molecule has 94 valence electrons. The summed E-state index contributed by atoms with van der Waals surface area (Å²) in [5.41, 5.74) is 7.42. The number of nitrogens with two attached hydrogens (primary N) is 1. The maximum absolute atomic E-state index is 5.82. The molecule has 1 aromatic heterocycles. The van der Waals surface area contributed by atoms with E-state index in [2.05, 4.69) is 35.9 Å². The molecule has 0 bridgehead atoms. The van der Waals surface area contributed by atoms with E-state index in [1.165, 1.54) is 12.8 Å². The van der Waals surface area contributed by atoms with Crippen LogP contribution in [0.15, 0.2) is 18.3 Å². The third-order valence-electron chi connectivity index (χ3n) is 3.74. The van der Waals surface area contributed by atoms with E-state index in [0.717, 1.165) is 24.5 Å². The van der Waals surface area contributed by atoms with Gasteiger partial charge in [0.15, 0.2) is 0 Å². The van der Waals surface area contributed by atoms with E-state index in [4.69, 9.17) is 5.73 Å². The Hall–Kier alpha value is -1.09. The molecule has 1 aliphatic rings. The van der Waals surface area contributed by atoms with E-state index in [9.17, 15) is 0 Å². The first-order valence-corrected chi connectivity index (χ1v) is 6.44. The molecule has 1 saturated heterocycles. The molecule has 0 spiro atoms. The van der Waals surface area contributed by atoms with E-state index in [-0.39, 0.29) is 6.04 Å². The molecule has 3 heteroatoms. The van der Waals surface area contributed by atoms with Crippen molar-refractivity contribution >= 4 is 5.82 Å². The highest BCUT2D eigenvalue weighted by atomic mass is 15.2. The van der Waals surface area contributed by atoms with Gasteiger partial charge in [-0.05, 0) is 36.8 Å². The van der Waals surface area contributed by atoms with Crippen molar-refractivity contribution in [2.75, 3.05) is 18.0 Å². The van der Waals surface area contributed by atoms with Crippen molar-refractivity contribution < 1.29 is 0 Å². The second kappa shape index (κ2) is 4.65. The van der Waals surface area contributed by atoms with E-state index in [0.29, 0.717) is 5.41 Å². The van der Waals surface area contributed by atoms with Gasteiger partial charge < -0.3 is 10.6 Å². The summed E-state index contributed by atoms with van der Waals surface area (Å²) in [6, 6.07) is 4.25. The fourth-order valence-electron chi connectivity index (χ4n) is 2.20. The van der Waals surface area contributed by atoms with Crippen LogP contribution in [0.4, 0.5) is 5.82 Å². The van der Waals surface area contributed by atoms with Gasteiger partial charge in [0, 0.05) is 25.3 Å². The molecule has 0 unspecified atom stereocenters. The number of nitrogens with zero attached hydrogens (tertiary/aromatic N) is 2. The smallest absolute Gasteiger partial charge is 0.128 e. The van der Waals surface area contributed by atoms with E-state index in [1.807, 2.05) is 13.1 Å². The van der Waals surface area contributed by atoms with Gasteiger partial charge in [-0.1, -0.05) is 19.9 Å². The SMILES string of the molecule is C[C@H](N)c1ccc(N2CCC(C)(C)CC2)nc1. The number of rotatable bonds is 2. The lowest BCUT2D eigenvalue weighted by Gasteiger charge is -2.37. The van der Waals surface area contributed by atoms with Gasteiger partial charge >= 0.3 is 0 Å². The molecule has 17 heavy (non-hydrogen) atoms. The molecule has 1 atom stereocenters. The van der Waals surface area contributed by atoms with Gasteiger partial charge in [0.1, 0.15) is 5.82 Å². The van der Waals surface area contributed by atoms with Gasteiger partial charge in [-0.25, -0.2) is 4.98 Å².